The first kappa shape index (κ1) is 22.7. The summed E-state index contributed by atoms with van der Waals surface area (Å²) in [6.07, 6.45) is -5.53. The summed E-state index contributed by atoms with van der Waals surface area (Å²) in [7, 11) is 0. The number of aliphatic hydroxyl groups is 2. The lowest BCUT2D eigenvalue weighted by Gasteiger charge is -2.48. The largest absolute Gasteiger partial charge is 0.416 e. The van der Waals surface area contributed by atoms with Gasteiger partial charge >= 0.3 is 6.18 Å². The predicted octanol–water partition coefficient (Wildman–Crippen LogP) is 4.05. The fourth-order valence-electron chi connectivity index (χ4n) is 3.89. The SMILES string of the molecule is CC(C)(c1ccccc1-c1ccc(C(F)(F)F)cc1)C(C)(O)C(O)N1CCOCC1. The highest BCUT2D eigenvalue weighted by molar-refractivity contribution is 5.69. The number of aliphatic hydroxyl groups excluding tert-OH is 1. The second-order valence-electron chi connectivity index (χ2n) is 8.42. The average molecular weight is 423 g/mol. The molecule has 164 valence electrons. The highest BCUT2D eigenvalue weighted by Crippen LogP contribution is 2.43. The van der Waals surface area contributed by atoms with Crippen molar-refractivity contribution in [1.29, 1.82) is 0 Å². The first-order valence-corrected chi connectivity index (χ1v) is 9.95. The molecule has 0 spiro atoms. The molecule has 1 fully saturated rings. The molecule has 0 bridgehead atoms. The number of rotatable bonds is 5. The lowest BCUT2D eigenvalue weighted by Crippen LogP contribution is -2.62. The summed E-state index contributed by atoms with van der Waals surface area (Å²) in [5.41, 5.74) is -1.09. The molecule has 0 saturated carbocycles. The standard InChI is InChI=1S/C23H28F3NO3/c1-21(2,22(3,29)20(28)27-12-14-30-15-13-27)19-7-5-4-6-18(19)16-8-10-17(11-9-16)23(24,25)26/h4-11,20,28-29H,12-15H2,1-3H3. The van der Waals surface area contributed by atoms with Crippen LogP contribution in [-0.2, 0) is 16.3 Å². The van der Waals surface area contributed by atoms with Crippen LogP contribution in [0, 0.1) is 0 Å². The summed E-state index contributed by atoms with van der Waals surface area (Å²) in [6, 6.07) is 12.3. The van der Waals surface area contributed by atoms with E-state index >= 15 is 0 Å². The van der Waals surface area contributed by atoms with Gasteiger partial charge < -0.3 is 14.9 Å². The summed E-state index contributed by atoms with van der Waals surface area (Å²) in [6.45, 7) is 7.24. The zero-order valence-electron chi connectivity index (χ0n) is 17.4. The third-order valence-corrected chi connectivity index (χ3v) is 6.28. The van der Waals surface area contributed by atoms with E-state index in [1.54, 1.807) is 17.9 Å². The minimum absolute atomic E-state index is 0.482. The topological polar surface area (TPSA) is 52.9 Å². The molecule has 1 saturated heterocycles. The third-order valence-electron chi connectivity index (χ3n) is 6.28. The first-order valence-electron chi connectivity index (χ1n) is 9.95. The maximum absolute atomic E-state index is 12.9. The van der Waals surface area contributed by atoms with Gasteiger partial charge in [-0.2, -0.15) is 13.2 Å². The number of hydrogen-bond acceptors (Lipinski definition) is 4. The maximum Gasteiger partial charge on any atom is 0.416 e. The van der Waals surface area contributed by atoms with Gasteiger partial charge in [-0.3, -0.25) is 4.90 Å². The van der Waals surface area contributed by atoms with E-state index in [2.05, 4.69) is 0 Å². The zero-order chi connectivity index (χ0) is 22.2. The molecule has 3 rings (SSSR count). The highest BCUT2D eigenvalue weighted by Gasteiger charge is 2.49. The van der Waals surface area contributed by atoms with Crippen molar-refractivity contribution >= 4 is 0 Å². The molecular formula is C23H28F3NO3. The van der Waals surface area contributed by atoms with Crippen molar-refractivity contribution in [3.63, 3.8) is 0 Å². The van der Waals surface area contributed by atoms with E-state index in [0.717, 1.165) is 17.7 Å². The molecule has 2 aromatic carbocycles. The molecule has 2 aromatic rings. The van der Waals surface area contributed by atoms with Gasteiger partial charge in [0.05, 0.1) is 18.8 Å². The van der Waals surface area contributed by atoms with E-state index in [1.165, 1.54) is 12.1 Å². The van der Waals surface area contributed by atoms with Gasteiger partial charge in [0.1, 0.15) is 11.8 Å². The van der Waals surface area contributed by atoms with Crippen LogP contribution >= 0.6 is 0 Å². The molecular weight excluding hydrogens is 395 g/mol. The molecule has 30 heavy (non-hydrogen) atoms. The Kier molecular flexibility index (Phi) is 6.30. The minimum atomic E-state index is -4.40. The molecule has 1 heterocycles. The summed E-state index contributed by atoms with van der Waals surface area (Å²) >= 11 is 0. The lowest BCUT2D eigenvalue weighted by molar-refractivity contribution is -0.184. The van der Waals surface area contributed by atoms with Crippen LogP contribution in [0.5, 0.6) is 0 Å². The number of halogens is 3. The predicted molar refractivity (Wildman–Crippen MR) is 109 cm³/mol. The van der Waals surface area contributed by atoms with Gasteiger partial charge in [-0.25, -0.2) is 0 Å². The van der Waals surface area contributed by atoms with Gasteiger partial charge in [0.15, 0.2) is 0 Å². The van der Waals surface area contributed by atoms with Gasteiger partial charge in [0.25, 0.3) is 0 Å². The van der Waals surface area contributed by atoms with Crippen molar-refractivity contribution in [3.8, 4) is 11.1 Å². The van der Waals surface area contributed by atoms with Crippen LogP contribution in [0.3, 0.4) is 0 Å². The van der Waals surface area contributed by atoms with Gasteiger partial charge in [0.2, 0.25) is 0 Å². The third kappa shape index (κ3) is 4.25. The van der Waals surface area contributed by atoms with Gasteiger partial charge in [-0.1, -0.05) is 50.2 Å². The molecule has 4 nitrogen and oxygen atoms in total. The quantitative estimate of drug-likeness (QED) is 0.762. The normalized spacial score (nSPS) is 19.3. The molecule has 0 aliphatic carbocycles. The molecule has 2 unspecified atom stereocenters. The Hall–Kier alpha value is -1.93. The number of ether oxygens (including phenoxy) is 1. The summed E-state index contributed by atoms with van der Waals surface area (Å²) in [5.74, 6) is 0. The molecule has 0 radical (unpaired) electrons. The fraction of sp³-hybridized carbons (Fsp3) is 0.478. The van der Waals surface area contributed by atoms with Gasteiger partial charge in [-0.15, -0.1) is 0 Å². The molecule has 1 aliphatic rings. The Morgan fingerprint density at radius 1 is 0.933 bits per heavy atom. The summed E-state index contributed by atoms with van der Waals surface area (Å²) in [4.78, 5) is 1.78. The van der Waals surface area contributed by atoms with Crippen LogP contribution in [0.25, 0.3) is 11.1 Å². The number of morpholine rings is 1. The second kappa shape index (κ2) is 8.30. The van der Waals surface area contributed by atoms with Crippen LogP contribution in [0.15, 0.2) is 48.5 Å². The van der Waals surface area contributed by atoms with E-state index in [1.807, 2.05) is 32.0 Å². The zero-order valence-corrected chi connectivity index (χ0v) is 17.4. The van der Waals surface area contributed by atoms with Crippen molar-refractivity contribution in [2.45, 2.75) is 44.2 Å². The monoisotopic (exact) mass is 423 g/mol. The van der Waals surface area contributed by atoms with Crippen LogP contribution in [-0.4, -0.2) is 53.2 Å². The number of nitrogens with zero attached hydrogens (tertiary/aromatic N) is 1. The van der Waals surface area contributed by atoms with E-state index in [4.69, 9.17) is 4.74 Å². The molecule has 0 amide bonds. The lowest BCUT2D eigenvalue weighted by atomic mass is 9.67. The number of alkyl halides is 3. The van der Waals surface area contributed by atoms with Gasteiger partial charge in [-0.05, 0) is 35.7 Å². The second-order valence-corrected chi connectivity index (χ2v) is 8.42. The summed E-state index contributed by atoms with van der Waals surface area (Å²) in [5, 5.41) is 22.4. The van der Waals surface area contributed by atoms with Crippen molar-refractivity contribution in [3.05, 3.63) is 59.7 Å². The molecule has 7 heteroatoms. The van der Waals surface area contributed by atoms with Crippen molar-refractivity contribution in [2.75, 3.05) is 26.3 Å². The molecule has 2 atom stereocenters. The maximum atomic E-state index is 12.9. The van der Waals surface area contributed by atoms with Crippen LogP contribution in [0.2, 0.25) is 0 Å². The van der Waals surface area contributed by atoms with Crippen LogP contribution in [0.1, 0.15) is 31.9 Å². The first-order chi connectivity index (χ1) is 14.0. The number of benzene rings is 2. The minimum Gasteiger partial charge on any atom is -0.385 e. The van der Waals surface area contributed by atoms with E-state index in [9.17, 15) is 23.4 Å². The van der Waals surface area contributed by atoms with Crippen molar-refractivity contribution < 1.29 is 28.1 Å². The van der Waals surface area contributed by atoms with Crippen molar-refractivity contribution in [1.82, 2.24) is 4.90 Å². The fourth-order valence-corrected chi connectivity index (χ4v) is 3.89. The van der Waals surface area contributed by atoms with Crippen LogP contribution in [0.4, 0.5) is 13.2 Å². The van der Waals surface area contributed by atoms with Crippen LogP contribution < -0.4 is 0 Å². The Morgan fingerprint density at radius 3 is 2.07 bits per heavy atom. The average Bonchev–Trinajstić information content (AvgIpc) is 2.73. The molecule has 2 N–H and O–H groups in total. The molecule has 0 aromatic heterocycles. The Balaban J connectivity index is 1.98. The molecule has 1 aliphatic heterocycles. The smallest absolute Gasteiger partial charge is 0.385 e. The highest BCUT2D eigenvalue weighted by atomic mass is 19.4. The Morgan fingerprint density at radius 2 is 1.50 bits per heavy atom. The number of hydrogen-bond donors (Lipinski definition) is 2. The van der Waals surface area contributed by atoms with Crippen molar-refractivity contribution in [2.24, 2.45) is 0 Å². The van der Waals surface area contributed by atoms with Gasteiger partial charge in [0, 0.05) is 18.5 Å². The van der Waals surface area contributed by atoms with E-state index < -0.39 is 29.0 Å². The van der Waals surface area contributed by atoms with E-state index in [-0.39, 0.29) is 0 Å². The summed E-state index contributed by atoms with van der Waals surface area (Å²) < 4.78 is 44.1. The Labute approximate surface area is 174 Å². The van der Waals surface area contributed by atoms with E-state index in [0.29, 0.717) is 37.4 Å². The Bertz CT molecular complexity index is 857.